The number of hydrogen-bond acceptors (Lipinski definition) is 4. The van der Waals surface area contributed by atoms with E-state index in [-0.39, 0.29) is 29.9 Å². The molecule has 3 rings (SSSR count). The van der Waals surface area contributed by atoms with E-state index in [1.54, 1.807) is 24.1 Å². The number of methoxy groups -OCH3 is 1. The lowest BCUT2D eigenvalue weighted by Gasteiger charge is -2.30. The second kappa shape index (κ2) is 10.8. The Bertz CT molecular complexity index is 1090. The van der Waals surface area contributed by atoms with E-state index in [0.717, 1.165) is 11.1 Å². The summed E-state index contributed by atoms with van der Waals surface area (Å²) in [7, 11) is 1.59. The van der Waals surface area contributed by atoms with Gasteiger partial charge in [0, 0.05) is 5.56 Å². The highest BCUT2D eigenvalue weighted by atomic mass is 79.9. The summed E-state index contributed by atoms with van der Waals surface area (Å²) in [5.41, 5.74) is 1.82. The molecule has 6 nitrogen and oxygen atoms in total. The fraction of sp³-hybridized carbons (Fsp3) is 0.200. The number of rotatable bonds is 9. The smallest absolute Gasteiger partial charge is 0.339 e. The van der Waals surface area contributed by atoms with Gasteiger partial charge in [-0.1, -0.05) is 54.6 Å². The maximum absolute atomic E-state index is 13.3. The number of carbonyl (C=O) groups excluding carboxylic acids is 1. The van der Waals surface area contributed by atoms with Crippen molar-refractivity contribution < 1.29 is 24.2 Å². The Morgan fingerprint density at radius 3 is 2.38 bits per heavy atom. The first-order chi connectivity index (χ1) is 15.4. The average molecular weight is 498 g/mol. The topological polar surface area (TPSA) is 76.1 Å². The minimum absolute atomic E-state index is 0.0143. The molecule has 0 bridgehead atoms. The Kier molecular flexibility index (Phi) is 7.89. The van der Waals surface area contributed by atoms with Crippen LogP contribution < -0.4 is 9.47 Å². The standard InChI is InChI=1S/C25H24BrNO5/c1-17(18-9-4-3-5-10-18)27(15-19-11-6-7-14-22(19)31-2)23(28)16-32-24-20(25(29)30)12-8-13-21(24)26/h3-14,17H,15-16H2,1-2H3,(H,29,30)/t17-/m0/s1. The number of halogens is 1. The van der Waals surface area contributed by atoms with Crippen LogP contribution in [0, 0.1) is 0 Å². The number of aromatic carboxylic acids is 1. The predicted octanol–water partition coefficient (Wildman–Crippen LogP) is 5.32. The van der Waals surface area contributed by atoms with Crippen molar-refractivity contribution in [3.05, 3.63) is 94.0 Å². The highest BCUT2D eigenvalue weighted by molar-refractivity contribution is 9.10. The Balaban J connectivity index is 1.88. The molecular formula is C25H24BrNO5. The highest BCUT2D eigenvalue weighted by Gasteiger charge is 2.24. The third-order valence-corrected chi connectivity index (χ3v) is 5.76. The van der Waals surface area contributed by atoms with Gasteiger partial charge in [-0.15, -0.1) is 0 Å². The summed E-state index contributed by atoms with van der Waals surface area (Å²) in [6, 6.07) is 21.7. The number of amides is 1. The Hall–Kier alpha value is -3.32. The number of ether oxygens (including phenoxy) is 2. The second-order valence-corrected chi connectivity index (χ2v) is 7.98. The molecule has 0 radical (unpaired) electrons. The van der Waals surface area contributed by atoms with Gasteiger partial charge < -0.3 is 19.5 Å². The Morgan fingerprint density at radius 2 is 1.69 bits per heavy atom. The summed E-state index contributed by atoms with van der Waals surface area (Å²) in [5, 5.41) is 9.44. The van der Waals surface area contributed by atoms with Gasteiger partial charge in [0.2, 0.25) is 0 Å². The molecule has 3 aromatic carbocycles. The molecule has 1 amide bonds. The summed E-state index contributed by atoms with van der Waals surface area (Å²) in [6.07, 6.45) is 0. The van der Waals surface area contributed by atoms with Crippen molar-refractivity contribution in [1.29, 1.82) is 0 Å². The van der Waals surface area contributed by atoms with Gasteiger partial charge in [-0.2, -0.15) is 0 Å². The van der Waals surface area contributed by atoms with Gasteiger partial charge in [-0.25, -0.2) is 4.79 Å². The molecule has 32 heavy (non-hydrogen) atoms. The number of nitrogens with zero attached hydrogens (tertiary/aromatic N) is 1. The van der Waals surface area contributed by atoms with Crippen LogP contribution in [0.2, 0.25) is 0 Å². The third-order valence-electron chi connectivity index (χ3n) is 5.14. The predicted molar refractivity (Wildman–Crippen MR) is 125 cm³/mol. The third kappa shape index (κ3) is 5.48. The van der Waals surface area contributed by atoms with Crippen LogP contribution >= 0.6 is 15.9 Å². The molecule has 3 aromatic rings. The van der Waals surface area contributed by atoms with Crippen LogP contribution in [0.1, 0.15) is 34.5 Å². The molecule has 0 saturated carbocycles. The molecule has 0 aromatic heterocycles. The number of carboxylic acids is 1. The number of carbonyl (C=O) groups is 2. The maximum Gasteiger partial charge on any atom is 0.339 e. The SMILES string of the molecule is COc1ccccc1CN(C(=O)COc1c(Br)cccc1C(=O)O)[C@@H](C)c1ccccc1. The zero-order chi connectivity index (χ0) is 23.1. The van der Waals surface area contributed by atoms with Crippen molar-refractivity contribution in [2.24, 2.45) is 0 Å². The van der Waals surface area contributed by atoms with Gasteiger partial charge in [0.1, 0.15) is 17.1 Å². The zero-order valence-electron chi connectivity index (χ0n) is 17.8. The van der Waals surface area contributed by atoms with Crippen molar-refractivity contribution in [2.75, 3.05) is 13.7 Å². The molecule has 7 heteroatoms. The molecule has 0 saturated heterocycles. The van der Waals surface area contributed by atoms with E-state index in [2.05, 4.69) is 15.9 Å². The van der Waals surface area contributed by atoms with Crippen LogP contribution in [-0.2, 0) is 11.3 Å². The van der Waals surface area contributed by atoms with Crippen LogP contribution in [-0.4, -0.2) is 35.6 Å². The zero-order valence-corrected chi connectivity index (χ0v) is 19.4. The second-order valence-electron chi connectivity index (χ2n) is 7.13. The largest absolute Gasteiger partial charge is 0.496 e. The molecule has 0 aliphatic carbocycles. The molecule has 1 N–H and O–H groups in total. The van der Waals surface area contributed by atoms with Gasteiger partial charge in [0.05, 0.1) is 24.2 Å². The van der Waals surface area contributed by atoms with Crippen LogP contribution in [0.4, 0.5) is 0 Å². The lowest BCUT2D eigenvalue weighted by Crippen LogP contribution is -2.36. The normalized spacial score (nSPS) is 11.5. The van der Waals surface area contributed by atoms with Crippen molar-refractivity contribution >= 4 is 27.8 Å². The van der Waals surface area contributed by atoms with Crippen molar-refractivity contribution in [1.82, 2.24) is 4.90 Å². The van der Waals surface area contributed by atoms with Crippen molar-refractivity contribution in [2.45, 2.75) is 19.5 Å². The molecule has 0 fully saturated rings. The number of benzene rings is 3. The van der Waals surface area contributed by atoms with Gasteiger partial charge in [-0.05, 0) is 46.6 Å². The van der Waals surface area contributed by atoms with E-state index < -0.39 is 5.97 Å². The molecule has 0 aliphatic heterocycles. The Labute approximate surface area is 195 Å². The summed E-state index contributed by atoms with van der Waals surface area (Å²) >= 11 is 3.31. The van der Waals surface area contributed by atoms with Crippen LogP contribution in [0.5, 0.6) is 11.5 Å². The summed E-state index contributed by atoms with van der Waals surface area (Å²) < 4.78 is 11.6. The van der Waals surface area contributed by atoms with E-state index in [0.29, 0.717) is 16.8 Å². The summed E-state index contributed by atoms with van der Waals surface area (Å²) in [5.74, 6) is -0.597. The maximum atomic E-state index is 13.3. The monoisotopic (exact) mass is 497 g/mol. The first kappa shape index (κ1) is 23.3. The first-order valence-electron chi connectivity index (χ1n) is 10.0. The minimum Gasteiger partial charge on any atom is -0.496 e. The van der Waals surface area contributed by atoms with E-state index >= 15 is 0 Å². The number of hydrogen-bond donors (Lipinski definition) is 1. The summed E-state index contributed by atoms with van der Waals surface area (Å²) in [6.45, 7) is 1.95. The molecule has 0 heterocycles. The van der Waals surface area contributed by atoms with Gasteiger partial charge in [0.15, 0.2) is 6.61 Å². The quantitative estimate of drug-likeness (QED) is 0.432. The van der Waals surface area contributed by atoms with Crippen LogP contribution in [0.25, 0.3) is 0 Å². The highest BCUT2D eigenvalue weighted by Crippen LogP contribution is 2.30. The number of para-hydroxylation sites is 2. The van der Waals surface area contributed by atoms with Crippen molar-refractivity contribution in [3.63, 3.8) is 0 Å². The van der Waals surface area contributed by atoms with Gasteiger partial charge in [-0.3, -0.25) is 4.79 Å². The van der Waals surface area contributed by atoms with E-state index in [1.165, 1.54) is 6.07 Å². The lowest BCUT2D eigenvalue weighted by atomic mass is 10.1. The Morgan fingerprint density at radius 1 is 1.00 bits per heavy atom. The lowest BCUT2D eigenvalue weighted by molar-refractivity contribution is -0.136. The summed E-state index contributed by atoms with van der Waals surface area (Å²) in [4.78, 5) is 26.6. The molecular weight excluding hydrogens is 474 g/mol. The van der Waals surface area contributed by atoms with Crippen LogP contribution in [0.15, 0.2) is 77.3 Å². The van der Waals surface area contributed by atoms with Crippen molar-refractivity contribution in [3.8, 4) is 11.5 Å². The fourth-order valence-electron chi connectivity index (χ4n) is 3.41. The number of carboxylic acid groups (broad SMARTS) is 1. The molecule has 0 unspecified atom stereocenters. The van der Waals surface area contributed by atoms with Gasteiger partial charge in [0.25, 0.3) is 5.91 Å². The van der Waals surface area contributed by atoms with E-state index in [1.807, 2.05) is 61.5 Å². The first-order valence-corrected chi connectivity index (χ1v) is 10.8. The van der Waals surface area contributed by atoms with Crippen LogP contribution in [0.3, 0.4) is 0 Å². The van der Waals surface area contributed by atoms with Gasteiger partial charge >= 0.3 is 5.97 Å². The van der Waals surface area contributed by atoms with E-state index in [4.69, 9.17) is 9.47 Å². The average Bonchev–Trinajstić information content (AvgIpc) is 2.81. The van der Waals surface area contributed by atoms with E-state index in [9.17, 15) is 14.7 Å². The minimum atomic E-state index is -1.13. The molecule has 0 spiro atoms. The molecule has 1 atom stereocenters. The molecule has 166 valence electrons. The molecule has 0 aliphatic rings. The fourth-order valence-corrected chi connectivity index (χ4v) is 3.89.